The molecule has 1 fully saturated rings. The molecule has 2 aliphatic rings. The Hall–Kier alpha value is -3.02. The number of fused-ring (bicyclic) bond motifs is 2. The maximum absolute atomic E-state index is 13.9. The summed E-state index contributed by atoms with van der Waals surface area (Å²) in [7, 11) is 0. The molecular formula is C14H16FN5O6. The van der Waals surface area contributed by atoms with E-state index < -0.39 is 36.3 Å². The highest BCUT2D eigenvalue weighted by molar-refractivity contribution is 5.87. The Morgan fingerprint density at radius 3 is 2.85 bits per heavy atom. The first-order chi connectivity index (χ1) is 12.3. The van der Waals surface area contributed by atoms with Crippen molar-refractivity contribution in [3.05, 3.63) is 23.4 Å². The third kappa shape index (κ3) is 2.98. The van der Waals surface area contributed by atoms with Crippen LogP contribution in [0, 0.1) is 0 Å². The van der Waals surface area contributed by atoms with Gasteiger partial charge in [-0.2, -0.15) is 5.06 Å². The molecule has 1 aromatic heterocycles. The van der Waals surface area contributed by atoms with Gasteiger partial charge in [0, 0.05) is 0 Å². The number of carbonyl (C=O) groups is 3. The van der Waals surface area contributed by atoms with Crippen molar-refractivity contribution in [2.75, 3.05) is 13.2 Å². The monoisotopic (exact) mass is 369 g/mol. The van der Waals surface area contributed by atoms with Crippen LogP contribution in [0.4, 0.5) is 9.18 Å². The van der Waals surface area contributed by atoms with Gasteiger partial charge in [0.15, 0.2) is 0 Å². The first-order valence-corrected chi connectivity index (χ1v) is 7.72. The number of nitrogens with two attached hydrogens (primary N) is 1. The Bertz CT molecular complexity index is 780. The first kappa shape index (κ1) is 17.8. The van der Waals surface area contributed by atoms with E-state index >= 15 is 0 Å². The minimum absolute atomic E-state index is 0.0107. The Morgan fingerprint density at radius 2 is 2.23 bits per heavy atom. The zero-order valence-corrected chi connectivity index (χ0v) is 13.9. The number of carbonyl (C=O) groups excluding carboxylic acids is 3. The van der Waals surface area contributed by atoms with Gasteiger partial charge < -0.3 is 19.8 Å². The lowest BCUT2D eigenvalue weighted by Crippen LogP contribution is -2.38. The van der Waals surface area contributed by atoms with Crippen LogP contribution in [0.5, 0.6) is 0 Å². The molecule has 3 amide bonds. The van der Waals surface area contributed by atoms with Crippen molar-refractivity contribution in [2.24, 2.45) is 5.73 Å². The first-order valence-electron chi connectivity index (χ1n) is 7.72. The predicted molar refractivity (Wildman–Crippen MR) is 79.7 cm³/mol. The van der Waals surface area contributed by atoms with E-state index in [9.17, 15) is 18.8 Å². The molecule has 0 aromatic carbocycles. The third-order valence-corrected chi connectivity index (χ3v) is 3.88. The van der Waals surface area contributed by atoms with Gasteiger partial charge >= 0.3 is 30.2 Å². The van der Waals surface area contributed by atoms with E-state index in [1.54, 1.807) is 13.0 Å². The van der Waals surface area contributed by atoms with Crippen LogP contribution in [0.2, 0.25) is 0 Å². The molecule has 0 unspecified atom stereocenters. The van der Waals surface area contributed by atoms with E-state index in [0.29, 0.717) is 5.57 Å². The number of ether oxygens (including phenoxy) is 1. The molecule has 0 saturated carbocycles. The molecule has 3 rings (SSSR count). The molecular weight excluding hydrogens is 353 g/mol. The van der Waals surface area contributed by atoms with Gasteiger partial charge in [-0.3, -0.25) is 4.79 Å². The zero-order valence-electron chi connectivity index (χ0n) is 13.9. The van der Waals surface area contributed by atoms with Crippen molar-refractivity contribution >= 4 is 17.9 Å². The molecule has 2 bridgehead atoms. The summed E-state index contributed by atoms with van der Waals surface area (Å²) in [6, 6.07) is -2.06. The quantitative estimate of drug-likeness (QED) is 0.548. The van der Waals surface area contributed by atoms with E-state index in [4.69, 9.17) is 15.0 Å². The molecule has 140 valence electrons. The molecule has 0 radical (unpaired) electrons. The minimum atomic E-state index is -2.43. The average Bonchev–Trinajstić information content (AvgIpc) is 3.15. The van der Waals surface area contributed by atoms with Crippen LogP contribution >= 0.6 is 0 Å². The number of halogens is 1. The van der Waals surface area contributed by atoms with Crippen molar-refractivity contribution < 1.29 is 32.8 Å². The van der Waals surface area contributed by atoms with Gasteiger partial charge in [-0.15, -0.1) is 10.2 Å². The molecule has 2 aliphatic heterocycles. The summed E-state index contributed by atoms with van der Waals surface area (Å²) < 4.78 is 23.6. The normalized spacial score (nSPS) is 23.0. The van der Waals surface area contributed by atoms with Gasteiger partial charge in [0.1, 0.15) is 6.04 Å². The average molecular weight is 369 g/mol. The summed E-state index contributed by atoms with van der Waals surface area (Å²) in [6.07, 6.45) is -0.783. The van der Waals surface area contributed by atoms with Crippen LogP contribution in [-0.2, 0) is 14.4 Å². The van der Waals surface area contributed by atoms with Crippen LogP contribution in [-0.4, -0.2) is 63.6 Å². The lowest BCUT2D eigenvalue weighted by Gasteiger charge is -2.27. The predicted octanol–water partition coefficient (Wildman–Crippen LogP) is 0.0660. The standard InChI is InChI=1S/C14H16FN5O6/c1-3-24-13(22)9(15)26-20-7-4-6(2)8(19(5-7)14(20)23)11-17-18-12(25-11)10(16)21/h4,7-9H,3,5H2,1-2H3,(H2,16,21)/t7-,8+,9-/m1/s1. The molecule has 0 aliphatic carbocycles. The summed E-state index contributed by atoms with van der Waals surface area (Å²) in [5.41, 5.74) is 5.73. The van der Waals surface area contributed by atoms with Crippen LogP contribution in [0.25, 0.3) is 0 Å². The second-order valence-electron chi connectivity index (χ2n) is 5.62. The second-order valence-corrected chi connectivity index (χ2v) is 5.62. The molecule has 3 atom stereocenters. The Balaban J connectivity index is 1.80. The lowest BCUT2D eigenvalue weighted by atomic mass is 10.0. The maximum atomic E-state index is 13.9. The molecule has 2 N–H and O–H groups in total. The van der Waals surface area contributed by atoms with Crippen LogP contribution in [0.1, 0.15) is 36.5 Å². The zero-order chi connectivity index (χ0) is 19.0. The number of hydrogen-bond donors (Lipinski definition) is 1. The SMILES string of the molecule is CCOC(=O)[C@H](F)ON1C(=O)N2C[C@H]1C=C(C)[C@H]2c1nnc(C(N)=O)o1. The highest BCUT2D eigenvalue weighted by Crippen LogP contribution is 2.38. The van der Waals surface area contributed by atoms with Gasteiger partial charge in [-0.1, -0.05) is 6.08 Å². The molecule has 1 saturated heterocycles. The molecule has 11 nitrogen and oxygen atoms in total. The number of amides is 3. The van der Waals surface area contributed by atoms with Crippen LogP contribution in [0.15, 0.2) is 16.1 Å². The number of urea groups is 1. The van der Waals surface area contributed by atoms with E-state index in [-0.39, 0.29) is 24.9 Å². The van der Waals surface area contributed by atoms with E-state index in [1.807, 2.05) is 0 Å². The highest BCUT2D eigenvalue weighted by Gasteiger charge is 2.48. The van der Waals surface area contributed by atoms with Crippen LogP contribution < -0.4 is 5.73 Å². The summed E-state index contributed by atoms with van der Waals surface area (Å²) in [4.78, 5) is 41.2. The maximum Gasteiger partial charge on any atom is 0.370 e. The number of primary amides is 1. The smallest absolute Gasteiger partial charge is 0.370 e. The number of hydrogen-bond acceptors (Lipinski definition) is 8. The van der Waals surface area contributed by atoms with Crippen molar-refractivity contribution in [3.8, 4) is 0 Å². The highest BCUT2D eigenvalue weighted by atomic mass is 19.1. The third-order valence-electron chi connectivity index (χ3n) is 3.88. The summed E-state index contributed by atoms with van der Waals surface area (Å²) in [5.74, 6) is -2.52. The van der Waals surface area contributed by atoms with Gasteiger partial charge in [0.25, 0.3) is 0 Å². The second kappa shape index (κ2) is 6.71. The lowest BCUT2D eigenvalue weighted by molar-refractivity contribution is -0.223. The van der Waals surface area contributed by atoms with E-state index in [0.717, 1.165) is 5.06 Å². The molecule has 3 heterocycles. The number of rotatable bonds is 6. The molecule has 12 heteroatoms. The van der Waals surface area contributed by atoms with Gasteiger partial charge in [0.05, 0.1) is 19.2 Å². The van der Waals surface area contributed by atoms with Crippen molar-refractivity contribution in [1.82, 2.24) is 20.2 Å². The fourth-order valence-corrected chi connectivity index (χ4v) is 2.85. The van der Waals surface area contributed by atoms with Gasteiger partial charge in [0.2, 0.25) is 5.89 Å². The Kier molecular flexibility index (Phi) is 4.59. The Labute approximate surface area is 146 Å². The van der Waals surface area contributed by atoms with Crippen molar-refractivity contribution in [2.45, 2.75) is 32.3 Å². The van der Waals surface area contributed by atoms with E-state index in [1.165, 1.54) is 11.8 Å². The van der Waals surface area contributed by atoms with Gasteiger partial charge in [-0.05, 0) is 19.4 Å². The number of alkyl halides is 1. The number of hydroxylamine groups is 2. The minimum Gasteiger partial charge on any atom is -0.462 e. The number of esters is 1. The van der Waals surface area contributed by atoms with E-state index in [2.05, 4.69) is 14.9 Å². The largest absolute Gasteiger partial charge is 0.462 e. The summed E-state index contributed by atoms with van der Waals surface area (Å²) >= 11 is 0. The van der Waals surface area contributed by atoms with Crippen molar-refractivity contribution in [3.63, 3.8) is 0 Å². The Morgan fingerprint density at radius 1 is 1.50 bits per heavy atom. The van der Waals surface area contributed by atoms with Gasteiger partial charge in [-0.25, -0.2) is 18.8 Å². The molecule has 1 aromatic rings. The molecule has 0 spiro atoms. The van der Waals surface area contributed by atoms with Crippen LogP contribution in [0.3, 0.4) is 0 Å². The summed E-state index contributed by atoms with van der Waals surface area (Å²) in [5, 5.41) is 8.02. The number of nitrogens with zero attached hydrogens (tertiary/aromatic N) is 4. The summed E-state index contributed by atoms with van der Waals surface area (Å²) in [6.45, 7) is 3.34. The fourth-order valence-electron chi connectivity index (χ4n) is 2.85. The van der Waals surface area contributed by atoms with Crippen molar-refractivity contribution in [1.29, 1.82) is 0 Å². The fraction of sp³-hybridized carbons (Fsp3) is 0.500. The molecule has 26 heavy (non-hydrogen) atoms. The number of aromatic nitrogens is 2. The topological polar surface area (TPSA) is 141 Å².